The molecule has 1 atom stereocenters. The Kier molecular flexibility index (Phi) is 8.06. The number of nitrogens with one attached hydrogen (secondary N) is 3. The number of aromatic amines is 1. The van der Waals surface area contributed by atoms with Gasteiger partial charge in [-0.15, -0.1) is 0 Å². The number of hydrogen-bond donors (Lipinski definition) is 3. The molecule has 4 aromatic rings. The fraction of sp³-hybridized carbons (Fsp3) is 0.344. The standard InChI is InChI=1S/C32H33F3N4O3S/c33-32(34,35)27-9-5-4-8-26(27)29-18-23-12-15-25(19-28(23)37-29)43(41,42)38-24-13-10-22(11-14-24)31(40)39-17-16-36-20-30(39)21-6-2-1-3-7-21/h1-9,12,15,18-19,22,24,30,36-38H,10-11,13-14,16-17,20H2/t22-,24-,30-/m1/s1. The summed E-state index contributed by atoms with van der Waals surface area (Å²) in [7, 11) is -3.89. The van der Waals surface area contributed by atoms with E-state index in [1.807, 2.05) is 35.2 Å². The molecule has 11 heteroatoms. The number of carbonyl (C=O) groups is 1. The average molecular weight is 611 g/mol. The van der Waals surface area contributed by atoms with Gasteiger partial charge in [0.1, 0.15) is 0 Å². The third-order valence-corrected chi connectivity index (χ3v) is 10.1. The molecule has 43 heavy (non-hydrogen) atoms. The van der Waals surface area contributed by atoms with E-state index in [-0.39, 0.29) is 40.1 Å². The molecular weight excluding hydrogens is 577 g/mol. The molecule has 1 aromatic heterocycles. The molecule has 2 fully saturated rings. The van der Waals surface area contributed by atoms with Gasteiger partial charge in [0.2, 0.25) is 15.9 Å². The molecule has 226 valence electrons. The molecule has 2 aliphatic rings. The van der Waals surface area contributed by atoms with Crippen LogP contribution in [-0.2, 0) is 21.0 Å². The third kappa shape index (κ3) is 6.20. The Morgan fingerprint density at radius 2 is 1.63 bits per heavy atom. The molecule has 1 saturated heterocycles. The highest BCUT2D eigenvalue weighted by molar-refractivity contribution is 7.89. The molecule has 1 saturated carbocycles. The van der Waals surface area contributed by atoms with Gasteiger partial charge in [-0.05, 0) is 55.5 Å². The van der Waals surface area contributed by atoms with E-state index in [9.17, 15) is 26.4 Å². The molecule has 1 amide bonds. The van der Waals surface area contributed by atoms with Crippen LogP contribution < -0.4 is 10.0 Å². The lowest BCUT2D eigenvalue weighted by Crippen LogP contribution is -2.51. The highest BCUT2D eigenvalue weighted by atomic mass is 32.2. The number of halogens is 3. The molecule has 0 bridgehead atoms. The van der Waals surface area contributed by atoms with Crippen molar-refractivity contribution in [3.8, 4) is 11.3 Å². The first kappa shape index (κ1) is 29.4. The quantitative estimate of drug-likeness (QED) is 0.255. The summed E-state index contributed by atoms with van der Waals surface area (Å²) in [6.45, 7) is 2.08. The number of benzene rings is 3. The van der Waals surface area contributed by atoms with Crippen molar-refractivity contribution in [2.24, 2.45) is 5.92 Å². The molecule has 1 aliphatic carbocycles. The predicted molar refractivity (Wildman–Crippen MR) is 159 cm³/mol. The van der Waals surface area contributed by atoms with Crippen LogP contribution in [0.15, 0.2) is 83.8 Å². The Morgan fingerprint density at radius 1 is 0.907 bits per heavy atom. The van der Waals surface area contributed by atoms with E-state index >= 15 is 0 Å². The van der Waals surface area contributed by atoms with Crippen LogP contribution in [0.5, 0.6) is 0 Å². The summed E-state index contributed by atoms with van der Waals surface area (Å²) in [5.74, 6) is -0.0323. The van der Waals surface area contributed by atoms with Crippen LogP contribution >= 0.6 is 0 Å². The Morgan fingerprint density at radius 3 is 2.37 bits per heavy atom. The fourth-order valence-electron chi connectivity index (χ4n) is 6.30. The fourth-order valence-corrected chi connectivity index (χ4v) is 7.64. The van der Waals surface area contributed by atoms with Gasteiger partial charge in [0.05, 0.1) is 16.5 Å². The first-order chi connectivity index (χ1) is 20.6. The van der Waals surface area contributed by atoms with Crippen molar-refractivity contribution in [1.29, 1.82) is 0 Å². The number of piperazine rings is 1. The summed E-state index contributed by atoms with van der Waals surface area (Å²) in [5, 5.41) is 3.98. The number of sulfonamides is 1. The van der Waals surface area contributed by atoms with Crippen LogP contribution in [0.4, 0.5) is 13.2 Å². The topological polar surface area (TPSA) is 94.3 Å². The van der Waals surface area contributed by atoms with Crippen LogP contribution in [0.2, 0.25) is 0 Å². The summed E-state index contributed by atoms with van der Waals surface area (Å²) in [4.78, 5) is 18.5. The lowest BCUT2D eigenvalue weighted by molar-refractivity contribution is -0.140. The number of fused-ring (bicyclic) bond motifs is 1. The van der Waals surface area contributed by atoms with Crippen molar-refractivity contribution in [2.45, 2.75) is 48.8 Å². The largest absolute Gasteiger partial charge is 0.417 e. The highest BCUT2D eigenvalue weighted by Gasteiger charge is 2.36. The minimum atomic E-state index is -4.52. The van der Waals surface area contributed by atoms with Crippen molar-refractivity contribution in [3.05, 3.63) is 90.0 Å². The molecular formula is C32H33F3N4O3S. The number of nitrogens with zero attached hydrogens (tertiary/aromatic N) is 1. The van der Waals surface area contributed by atoms with Crippen LogP contribution in [-0.4, -0.2) is 49.9 Å². The zero-order valence-corrected chi connectivity index (χ0v) is 24.2. The Labute approximate surface area is 248 Å². The van der Waals surface area contributed by atoms with Gasteiger partial charge in [-0.3, -0.25) is 4.79 Å². The number of hydrogen-bond acceptors (Lipinski definition) is 4. The molecule has 0 spiro atoms. The number of carbonyl (C=O) groups excluding carboxylic acids is 1. The molecule has 3 aromatic carbocycles. The van der Waals surface area contributed by atoms with Crippen molar-refractivity contribution in [1.82, 2.24) is 19.9 Å². The average Bonchev–Trinajstić information content (AvgIpc) is 3.45. The van der Waals surface area contributed by atoms with E-state index in [1.165, 1.54) is 30.3 Å². The zero-order valence-electron chi connectivity index (χ0n) is 23.4. The van der Waals surface area contributed by atoms with Gasteiger partial charge in [0, 0.05) is 53.8 Å². The summed E-state index contributed by atoms with van der Waals surface area (Å²) in [6, 6.07) is 21.0. The van der Waals surface area contributed by atoms with Gasteiger partial charge >= 0.3 is 6.18 Å². The van der Waals surface area contributed by atoms with E-state index in [4.69, 9.17) is 0 Å². The van der Waals surface area contributed by atoms with Gasteiger partial charge in [-0.1, -0.05) is 54.6 Å². The maximum Gasteiger partial charge on any atom is 0.417 e. The number of amides is 1. The summed E-state index contributed by atoms with van der Waals surface area (Å²) in [6.07, 6.45) is -2.25. The van der Waals surface area contributed by atoms with Crippen molar-refractivity contribution in [3.63, 3.8) is 0 Å². The maximum absolute atomic E-state index is 13.6. The number of H-pyrrole nitrogens is 1. The monoisotopic (exact) mass is 610 g/mol. The predicted octanol–water partition coefficient (Wildman–Crippen LogP) is 5.86. The minimum absolute atomic E-state index is 0.00376. The Hall–Kier alpha value is -3.67. The second-order valence-electron chi connectivity index (χ2n) is 11.3. The van der Waals surface area contributed by atoms with Crippen LogP contribution in [0, 0.1) is 5.92 Å². The normalized spacial score (nSPS) is 21.7. The van der Waals surface area contributed by atoms with Gasteiger partial charge in [-0.2, -0.15) is 13.2 Å². The third-order valence-electron chi connectivity index (χ3n) is 8.54. The van der Waals surface area contributed by atoms with Crippen molar-refractivity contribution < 1.29 is 26.4 Å². The maximum atomic E-state index is 13.6. The molecule has 2 heterocycles. The Balaban J connectivity index is 1.12. The van der Waals surface area contributed by atoms with Crippen LogP contribution in [0.3, 0.4) is 0 Å². The molecule has 0 radical (unpaired) electrons. The molecule has 3 N–H and O–H groups in total. The van der Waals surface area contributed by atoms with E-state index in [0.717, 1.165) is 18.2 Å². The first-order valence-electron chi connectivity index (χ1n) is 14.5. The van der Waals surface area contributed by atoms with Gasteiger partial charge in [-0.25, -0.2) is 13.1 Å². The molecule has 0 unspecified atom stereocenters. The van der Waals surface area contributed by atoms with E-state index in [0.29, 0.717) is 49.7 Å². The number of alkyl halides is 3. The molecule has 1 aliphatic heterocycles. The van der Waals surface area contributed by atoms with E-state index < -0.39 is 21.8 Å². The van der Waals surface area contributed by atoms with Crippen molar-refractivity contribution >= 4 is 26.8 Å². The lowest BCUT2D eigenvalue weighted by Gasteiger charge is -2.40. The summed E-state index contributed by atoms with van der Waals surface area (Å²) in [5.41, 5.74) is 1.01. The Bertz CT molecular complexity index is 1710. The smallest absolute Gasteiger partial charge is 0.354 e. The zero-order chi connectivity index (χ0) is 30.2. The first-order valence-corrected chi connectivity index (χ1v) is 16.0. The van der Waals surface area contributed by atoms with E-state index in [2.05, 4.69) is 15.0 Å². The van der Waals surface area contributed by atoms with Gasteiger partial charge in [0.25, 0.3) is 0 Å². The minimum Gasteiger partial charge on any atom is -0.354 e. The number of aromatic nitrogens is 1. The molecule has 6 rings (SSSR count). The lowest BCUT2D eigenvalue weighted by atomic mass is 9.85. The van der Waals surface area contributed by atoms with Crippen LogP contribution in [0.25, 0.3) is 22.2 Å². The second-order valence-corrected chi connectivity index (χ2v) is 13.0. The van der Waals surface area contributed by atoms with Crippen molar-refractivity contribution in [2.75, 3.05) is 19.6 Å². The summed E-state index contributed by atoms with van der Waals surface area (Å²) >= 11 is 0. The van der Waals surface area contributed by atoms with Gasteiger partial charge < -0.3 is 15.2 Å². The van der Waals surface area contributed by atoms with Gasteiger partial charge in [0.15, 0.2) is 0 Å². The summed E-state index contributed by atoms with van der Waals surface area (Å²) < 4.78 is 70.1. The SMILES string of the molecule is O=C([C@H]1CC[C@H](NS(=O)(=O)c2ccc3cc(-c4ccccc4C(F)(F)F)[nH]c3c2)CC1)N1CCNC[C@@H]1c1ccccc1. The molecule has 7 nitrogen and oxygen atoms in total. The number of rotatable bonds is 6. The highest BCUT2D eigenvalue weighted by Crippen LogP contribution is 2.38. The second kappa shape index (κ2) is 11.8. The van der Waals surface area contributed by atoms with E-state index in [1.54, 1.807) is 12.1 Å². The van der Waals surface area contributed by atoms with Crippen LogP contribution in [0.1, 0.15) is 42.9 Å².